The summed E-state index contributed by atoms with van der Waals surface area (Å²) in [5.41, 5.74) is 2.17. The molecule has 4 heterocycles. The molecule has 2 aliphatic heterocycles. The number of benzene rings is 1. The minimum atomic E-state index is -0.0339. The van der Waals surface area contributed by atoms with Gasteiger partial charge in [-0.2, -0.15) is 0 Å². The SMILES string of the molecule is Cn1nnc2c(N3CC(C(=O)N4CCN(c5ccccc5O)CC4)C3)ncnc21. The van der Waals surface area contributed by atoms with Crippen molar-refractivity contribution in [3.05, 3.63) is 30.6 Å². The number of aromatic nitrogens is 5. The molecule has 0 unspecified atom stereocenters. The molecule has 0 saturated carbocycles. The van der Waals surface area contributed by atoms with Crippen molar-refractivity contribution in [3.63, 3.8) is 0 Å². The molecule has 29 heavy (non-hydrogen) atoms. The molecule has 2 aliphatic rings. The van der Waals surface area contributed by atoms with Gasteiger partial charge in [-0.05, 0) is 12.1 Å². The van der Waals surface area contributed by atoms with Gasteiger partial charge in [-0.3, -0.25) is 4.79 Å². The molecule has 1 aromatic carbocycles. The van der Waals surface area contributed by atoms with E-state index in [1.54, 1.807) is 17.8 Å². The molecule has 0 bridgehead atoms. The molecule has 0 aliphatic carbocycles. The third-order valence-corrected chi connectivity index (χ3v) is 5.71. The zero-order chi connectivity index (χ0) is 20.0. The van der Waals surface area contributed by atoms with Crippen molar-refractivity contribution in [3.8, 4) is 5.75 Å². The van der Waals surface area contributed by atoms with Gasteiger partial charge in [0.1, 0.15) is 12.1 Å². The van der Waals surface area contributed by atoms with Gasteiger partial charge < -0.3 is 19.8 Å². The molecule has 10 nitrogen and oxygen atoms in total. The van der Waals surface area contributed by atoms with Crippen molar-refractivity contribution in [2.24, 2.45) is 13.0 Å². The second-order valence-corrected chi connectivity index (χ2v) is 7.49. The smallest absolute Gasteiger partial charge is 0.229 e. The number of hydrogen-bond donors (Lipinski definition) is 1. The fourth-order valence-corrected chi connectivity index (χ4v) is 4.04. The molecule has 0 radical (unpaired) electrons. The van der Waals surface area contributed by atoms with Crippen LogP contribution in [0.4, 0.5) is 11.5 Å². The lowest BCUT2D eigenvalue weighted by atomic mass is 9.98. The molecular formula is C19H22N8O2. The topological polar surface area (TPSA) is 104 Å². The Kier molecular flexibility index (Phi) is 4.18. The third kappa shape index (κ3) is 3.00. The zero-order valence-electron chi connectivity index (χ0n) is 16.1. The van der Waals surface area contributed by atoms with Crippen LogP contribution in [0.15, 0.2) is 30.6 Å². The molecule has 10 heteroatoms. The summed E-state index contributed by atoms with van der Waals surface area (Å²) in [6, 6.07) is 7.33. The van der Waals surface area contributed by atoms with Gasteiger partial charge in [-0.25, -0.2) is 14.6 Å². The Morgan fingerprint density at radius 1 is 1.07 bits per heavy atom. The van der Waals surface area contributed by atoms with Gasteiger partial charge in [0.2, 0.25) is 5.91 Å². The molecule has 1 N–H and O–H groups in total. The fourth-order valence-electron chi connectivity index (χ4n) is 4.04. The Balaban J connectivity index is 1.20. The Morgan fingerprint density at radius 2 is 1.83 bits per heavy atom. The second kappa shape index (κ2) is 6.87. The Bertz CT molecular complexity index is 1050. The summed E-state index contributed by atoms with van der Waals surface area (Å²) >= 11 is 0. The standard InChI is InChI=1S/C19H22N8O2/c1-24-17-16(22-23-24)18(21-12-20-17)27-10-13(11-27)19(29)26-8-6-25(7-9-26)14-4-2-3-5-15(14)28/h2-5,12-13,28H,6-11H2,1H3. The number of phenolic OH excluding ortho intramolecular Hbond substituents is 1. The summed E-state index contributed by atoms with van der Waals surface area (Å²) in [4.78, 5) is 27.6. The van der Waals surface area contributed by atoms with Crippen molar-refractivity contribution in [1.29, 1.82) is 0 Å². The second-order valence-electron chi connectivity index (χ2n) is 7.49. The first-order valence-electron chi connectivity index (χ1n) is 9.69. The number of piperazine rings is 1. The molecule has 150 valence electrons. The largest absolute Gasteiger partial charge is 0.506 e. The first-order valence-corrected chi connectivity index (χ1v) is 9.69. The van der Waals surface area contributed by atoms with Gasteiger partial charge in [0.25, 0.3) is 0 Å². The number of para-hydroxylation sites is 2. The van der Waals surface area contributed by atoms with E-state index in [0.717, 1.165) is 11.5 Å². The Labute approximate surface area is 167 Å². The maximum Gasteiger partial charge on any atom is 0.229 e. The minimum Gasteiger partial charge on any atom is -0.506 e. The quantitative estimate of drug-likeness (QED) is 0.674. The molecule has 2 aromatic heterocycles. The van der Waals surface area contributed by atoms with E-state index in [4.69, 9.17) is 0 Å². The number of amides is 1. The van der Waals surface area contributed by atoms with E-state index < -0.39 is 0 Å². The average molecular weight is 394 g/mol. The lowest BCUT2D eigenvalue weighted by molar-refractivity contribution is -0.136. The highest BCUT2D eigenvalue weighted by Crippen LogP contribution is 2.30. The maximum absolute atomic E-state index is 12.9. The highest BCUT2D eigenvalue weighted by atomic mass is 16.3. The first-order chi connectivity index (χ1) is 14.1. The van der Waals surface area contributed by atoms with Crippen molar-refractivity contribution in [2.75, 3.05) is 49.1 Å². The van der Waals surface area contributed by atoms with E-state index in [9.17, 15) is 9.90 Å². The number of fused-ring (bicyclic) bond motifs is 1. The predicted molar refractivity (Wildman–Crippen MR) is 107 cm³/mol. The summed E-state index contributed by atoms with van der Waals surface area (Å²) in [5, 5.41) is 18.2. The number of carbonyl (C=O) groups excluding carboxylic acids is 1. The summed E-state index contributed by atoms with van der Waals surface area (Å²) in [6.45, 7) is 4.00. The number of aryl methyl sites for hydroxylation is 1. The van der Waals surface area contributed by atoms with E-state index in [2.05, 4.69) is 30.1 Å². The molecule has 0 spiro atoms. The summed E-state index contributed by atoms with van der Waals surface area (Å²) in [5.74, 6) is 1.16. The van der Waals surface area contributed by atoms with E-state index in [1.165, 1.54) is 6.33 Å². The van der Waals surface area contributed by atoms with E-state index >= 15 is 0 Å². The van der Waals surface area contributed by atoms with Crippen molar-refractivity contribution in [1.82, 2.24) is 29.9 Å². The number of nitrogens with zero attached hydrogens (tertiary/aromatic N) is 8. The number of rotatable bonds is 3. The number of carbonyl (C=O) groups is 1. The number of aromatic hydroxyl groups is 1. The summed E-state index contributed by atoms with van der Waals surface area (Å²) < 4.78 is 1.62. The van der Waals surface area contributed by atoms with Gasteiger partial charge in [0.15, 0.2) is 17.0 Å². The molecule has 3 aromatic rings. The molecule has 0 atom stereocenters. The third-order valence-electron chi connectivity index (χ3n) is 5.71. The lowest BCUT2D eigenvalue weighted by Gasteiger charge is -2.43. The molecule has 2 saturated heterocycles. The Morgan fingerprint density at radius 3 is 2.59 bits per heavy atom. The van der Waals surface area contributed by atoms with Crippen LogP contribution in [0.1, 0.15) is 0 Å². The lowest BCUT2D eigenvalue weighted by Crippen LogP contribution is -2.58. The monoisotopic (exact) mass is 394 g/mol. The number of phenols is 1. The van der Waals surface area contributed by atoms with Crippen LogP contribution in [-0.4, -0.2) is 80.1 Å². The van der Waals surface area contributed by atoms with E-state index in [-0.39, 0.29) is 17.6 Å². The Hall–Kier alpha value is -3.43. The maximum atomic E-state index is 12.9. The molecule has 5 rings (SSSR count). The first kappa shape index (κ1) is 17.7. The highest BCUT2D eigenvalue weighted by molar-refractivity contribution is 5.86. The van der Waals surface area contributed by atoms with E-state index in [0.29, 0.717) is 50.4 Å². The molecule has 1 amide bonds. The normalized spacial score (nSPS) is 17.6. The van der Waals surface area contributed by atoms with Crippen molar-refractivity contribution >= 4 is 28.6 Å². The predicted octanol–water partition coefficient (Wildman–Crippen LogP) is 0.249. The minimum absolute atomic E-state index is 0.0339. The summed E-state index contributed by atoms with van der Waals surface area (Å²) in [7, 11) is 1.80. The van der Waals surface area contributed by atoms with Crippen LogP contribution >= 0.6 is 0 Å². The number of hydrogen-bond acceptors (Lipinski definition) is 8. The average Bonchev–Trinajstić information content (AvgIpc) is 3.09. The molecule has 2 fully saturated rings. The summed E-state index contributed by atoms with van der Waals surface area (Å²) in [6.07, 6.45) is 1.51. The van der Waals surface area contributed by atoms with Crippen LogP contribution in [0, 0.1) is 5.92 Å². The van der Waals surface area contributed by atoms with Crippen molar-refractivity contribution in [2.45, 2.75) is 0 Å². The van der Waals surface area contributed by atoms with Gasteiger partial charge in [-0.15, -0.1) is 5.10 Å². The highest BCUT2D eigenvalue weighted by Gasteiger charge is 2.38. The van der Waals surface area contributed by atoms with Crippen molar-refractivity contribution < 1.29 is 9.90 Å². The van der Waals surface area contributed by atoms with Crippen LogP contribution in [0.25, 0.3) is 11.2 Å². The molecular weight excluding hydrogens is 372 g/mol. The van der Waals surface area contributed by atoms with Gasteiger partial charge in [-0.1, -0.05) is 17.3 Å². The van der Waals surface area contributed by atoms with Gasteiger partial charge in [0, 0.05) is 46.3 Å². The van der Waals surface area contributed by atoms with Gasteiger partial charge in [0.05, 0.1) is 11.6 Å². The fraction of sp³-hybridized carbons (Fsp3) is 0.421. The van der Waals surface area contributed by atoms with Crippen LogP contribution in [-0.2, 0) is 11.8 Å². The van der Waals surface area contributed by atoms with Crippen LogP contribution in [0.3, 0.4) is 0 Å². The zero-order valence-corrected chi connectivity index (χ0v) is 16.1. The number of anilines is 2. The van der Waals surface area contributed by atoms with E-state index in [1.807, 2.05) is 23.1 Å². The van der Waals surface area contributed by atoms with Gasteiger partial charge >= 0.3 is 0 Å². The van der Waals surface area contributed by atoms with Crippen LogP contribution in [0.5, 0.6) is 5.75 Å². The van der Waals surface area contributed by atoms with Crippen LogP contribution in [0.2, 0.25) is 0 Å². The van der Waals surface area contributed by atoms with Crippen LogP contribution < -0.4 is 9.80 Å².